The molecule has 3 aliphatic heterocycles. The van der Waals surface area contributed by atoms with Crippen molar-refractivity contribution in [1.29, 1.82) is 0 Å². The quantitative estimate of drug-likeness (QED) is 0.553. The summed E-state index contributed by atoms with van der Waals surface area (Å²) in [6, 6.07) is 9.82. The van der Waals surface area contributed by atoms with Gasteiger partial charge in [0.25, 0.3) is 5.56 Å². The van der Waals surface area contributed by atoms with Crippen molar-refractivity contribution < 1.29 is 14.7 Å². The highest BCUT2D eigenvalue weighted by Crippen LogP contribution is 2.44. The fourth-order valence-corrected chi connectivity index (χ4v) is 7.98. The highest BCUT2D eigenvalue weighted by molar-refractivity contribution is 5.83. The van der Waals surface area contributed by atoms with E-state index in [2.05, 4.69) is 4.90 Å². The molecule has 1 aromatic heterocycles. The fourth-order valence-electron chi connectivity index (χ4n) is 7.98. The van der Waals surface area contributed by atoms with Crippen molar-refractivity contribution in [3.05, 3.63) is 34.6 Å². The average molecular weight is 550 g/mol. The number of piperazine rings is 1. The Labute approximate surface area is 236 Å². The number of anilines is 1. The third kappa shape index (κ3) is 5.49. The summed E-state index contributed by atoms with van der Waals surface area (Å²) >= 11 is 0. The Balaban J connectivity index is 1.24. The van der Waals surface area contributed by atoms with E-state index >= 15 is 0 Å². The van der Waals surface area contributed by atoms with Gasteiger partial charge < -0.3 is 19.5 Å². The number of benzene rings is 1. The van der Waals surface area contributed by atoms with Crippen LogP contribution in [0.15, 0.2) is 29.1 Å². The topological polar surface area (TPSA) is 99.0 Å². The van der Waals surface area contributed by atoms with Crippen LogP contribution in [0, 0.1) is 0 Å². The zero-order valence-corrected chi connectivity index (χ0v) is 23.5. The van der Waals surface area contributed by atoms with Crippen LogP contribution < -0.4 is 10.5 Å². The lowest BCUT2D eigenvalue weighted by atomic mass is 9.89. The van der Waals surface area contributed by atoms with Gasteiger partial charge in [-0.15, -0.1) is 0 Å². The standard InChI is InChI=1S/C31H43N5O4/c37-28-21-34(18-17-33(28)16-8-13-29(38)39)30-31(40)36(27-12-7-6-11-26(27)32-30)25-19-23-14-15-24(20-25)35(23)22-9-4-2-1-3-5-10-22/h6-7,11-12,22-25H,1-5,8-10,13-21H2,(H,38,39)/t23-,24+,25?. The molecule has 1 saturated carbocycles. The van der Waals surface area contributed by atoms with Crippen LogP contribution in [0.1, 0.15) is 89.5 Å². The zero-order chi connectivity index (χ0) is 27.6. The minimum atomic E-state index is -0.851. The van der Waals surface area contributed by atoms with E-state index in [4.69, 9.17) is 10.1 Å². The van der Waals surface area contributed by atoms with Gasteiger partial charge in [0.05, 0.1) is 17.6 Å². The first kappa shape index (κ1) is 27.2. The number of hydrogen-bond acceptors (Lipinski definition) is 6. The molecule has 2 bridgehead atoms. The molecule has 0 spiro atoms. The molecule has 0 radical (unpaired) electrons. The second-order valence-electron chi connectivity index (χ2n) is 12.4. The van der Waals surface area contributed by atoms with Crippen molar-refractivity contribution >= 4 is 28.7 Å². The van der Waals surface area contributed by atoms with E-state index in [1.54, 1.807) is 4.90 Å². The molecular weight excluding hydrogens is 506 g/mol. The van der Waals surface area contributed by atoms with E-state index in [1.165, 1.54) is 57.8 Å². The number of carbonyl (C=O) groups is 2. The van der Waals surface area contributed by atoms with Crippen molar-refractivity contribution in [2.24, 2.45) is 0 Å². The minimum absolute atomic E-state index is 0.0476. The second-order valence-corrected chi connectivity index (χ2v) is 12.4. The van der Waals surface area contributed by atoms with E-state index in [0.717, 1.165) is 23.9 Å². The SMILES string of the molecule is O=C(O)CCCN1CCN(c2nc3ccccc3n(C3C[C@H]4CC[C@@H](C3)N4C3CCCCCCC3)c2=O)CC1=O. The van der Waals surface area contributed by atoms with E-state index < -0.39 is 5.97 Å². The van der Waals surface area contributed by atoms with Gasteiger partial charge in [0.15, 0.2) is 5.82 Å². The van der Waals surface area contributed by atoms with Gasteiger partial charge in [-0.3, -0.25) is 19.3 Å². The van der Waals surface area contributed by atoms with Crippen LogP contribution in [0.3, 0.4) is 0 Å². The van der Waals surface area contributed by atoms with Gasteiger partial charge in [0.1, 0.15) is 0 Å². The molecule has 4 heterocycles. The van der Waals surface area contributed by atoms with Crippen LogP contribution in [0.2, 0.25) is 0 Å². The third-order valence-corrected chi connectivity index (χ3v) is 9.84. The molecule has 4 aliphatic rings. The number of nitrogens with zero attached hydrogens (tertiary/aromatic N) is 5. The van der Waals surface area contributed by atoms with Gasteiger partial charge >= 0.3 is 5.97 Å². The van der Waals surface area contributed by atoms with Crippen LogP contribution in [-0.4, -0.2) is 80.6 Å². The predicted octanol–water partition coefficient (Wildman–Crippen LogP) is 4.19. The Kier molecular flexibility index (Phi) is 8.10. The number of fused-ring (bicyclic) bond motifs is 3. The average Bonchev–Trinajstić information content (AvgIpc) is 3.17. The number of aliphatic carboxylic acids is 1. The Morgan fingerprint density at radius 1 is 0.875 bits per heavy atom. The molecule has 9 nitrogen and oxygen atoms in total. The van der Waals surface area contributed by atoms with E-state index in [0.29, 0.717) is 50.0 Å². The van der Waals surface area contributed by atoms with Crippen molar-refractivity contribution in [3.63, 3.8) is 0 Å². The molecule has 9 heteroatoms. The molecule has 4 fully saturated rings. The summed E-state index contributed by atoms with van der Waals surface area (Å²) in [5.74, 6) is -0.564. The smallest absolute Gasteiger partial charge is 0.303 e. The van der Waals surface area contributed by atoms with Crippen molar-refractivity contribution in [2.75, 3.05) is 31.1 Å². The number of para-hydroxylation sites is 2. The molecule has 2 aromatic rings. The molecule has 40 heavy (non-hydrogen) atoms. The largest absolute Gasteiger partial charge is 0.481 e. The number of carboxylic acid groups (broad SMARTS) is 1. The van der Waals surface area contributed by atoms with Crippen LogP contribution >= 0.6 is 0 Å². The van der Waals surface area contributed by atoms with Gasteiger partial charge in [-0.2, -0.15) is 0 Å². The fraction of sp³-hybridized carbons (Fsp3) is 0.677. The first-order chi connectivity index (χ1) is 19.5. The maximum atomic E-state index is 14.2. The summed E-state index contributed by atoms with van der Waals surface area (Å²) in [6.45, 7) is 1.51. The number of hydrogen-bond donors (Lipinski definition) is 1. The number of carbonyl (C=O) groups excluding carboxylic acids is 1. The summed E-state index contributed by atoms with van der Waals surface area (Å²) in [7, 11) is 0. The van der Waals surface area contributed by atoms with Crippen molar-refractivity contribution in [2.45, 2.75) is 108 Å². The number of piperidine rings is 1. The summed E-state index contributed by atoms with van der Waals surface area (Å²) in [6.07, 6.45) is 14.3. The van der Waals surface area contributed by atoms with Gasteiger partial charge in [-0.1, -0.05) is 44.2 Å². The molecule has 6 rings (SSSR count). The molecular formula is C31H43N5O4. The molecule has 1 unspecified atom stereocenters. The van der Waals surface area contributed by atoms with Gasteiger partial charge in [0, 0.05) is 50.2 Å². The summed E-state index contributed by atoms with van der Waals surface area (Å²) in [5.41, 5.74) is 1.59. The van der Waals surface area contributed by atoms with Crippen molar-refractivity contribution in [1.82, 2.24) is 19.4 Å². The van der Waals surface area contributed by atoms with E-state index in [-0.39, 0.29) is 30.5 Å². The molecule has 1 aromatic carbocycles. The lowest BCUT2D eigenvalue weighted by molar-refractivity contribution is -0.138. The summed E-state index contributed by atoms with van der Waals surface area (Å²) in [4.78, 5) is 49.2. The van der Waals surface area contributed by atoms with Gasteiger partial charge in [0.2, 0.25) is 5.91 Å². The lowest BCUT2D eigenvalue weighted by Crippen LogP contribution is -2.53. The molecule has 1 amide bonds. The summed E-state index contributed by atoms with van der Waals surface area (Å²) < 4.78 is 2.02. The monoisotopic (exact) mass is 549 g/mol. The summed E-state index contributed by atoms with van der Waals surface area (Å²) in [5, 5.41) is 8.93. The lowest BCUT2D eigenvalue weighted by Gasteiger charge is -2.45. The molecule has 3 atom stereocenters. The number of amides is 1. The first-order valence-electron chi connectivity index (χ1n) is 15.5. The minimum Gasteiger partial charge on any atom is -0.481 e. The van der Waals surface area contributed by atoms with Gasteiger partial charge in [-0.25, -0.2) is 4.98 Å². The Bertz CT molecular complexity index is 1270. The van der Waals surface area contributed by atoms with Gasteiger partial charge in [-0.05, 0) is 57.1 Å². The molecule has 216 valence electrons. The highest BCUT2D eigenvalue weighted by Gasteiger charge is 2.44. The Morgan fingerprint density at radius 3 is 2.27 bits per heavy atom. The maximum Gasteiger partial charge on any atom is 0.303 e. The predicted molar refractivity (Wildman–Crippen MR) is 155 cm³/mol. The van der Waals surface area contributed by atoms with E-state index in [9.17, 15) is 14.4 Å². The van der Waals surface area contributed by atoms with E-state index in [1.807, 2.05) is 33.7 Å². The van der Waals surface area contributed by atoms with Crippen molar-refractivity contribution in [3.8, 4) is 0 Å². The zero-order valence-electron chi connectivity index (χ0n) is 23.5. The highest BCUT2D eigenvalue weighted by atomic mass is 16.4. The van der Waals surface area contributed by atoms with Crippen LogP contribution in [0.4, 0.5) is 5.82 Å². The first-order valence-corrected chi connectivity index (χ1v) is 15.5. The Morgan fingerprint density at radius 2 is 1.57 bits per heavy atom. The molecule has 1 aliphatic carbocycles. The Hall–Kier alpha value is -2.94. The maximum absolute atomic E-state index is 14.2. The van der Waals surface area contributed by atoms with Crippen LogP contribution in [0.25, 0.3) is 11.0 Å². The molecule has 1 N–H and O–H groups in total. The normalized spacial score (nSPS) is 26.7. The molecule has 3 saturated heterocycles. The van der Waals surface area contributed by atoms with Crippen LogP contribution in [-0.2, 0) is 9.59 Å². The van der Waals surface area contributed by atoms with Crippen LogP contribution in [0.5, 0.6) is 0 Å². The second kappa shape index (κ2) is 11.9. The third-order valence-electron chi connectivity index (χ3n) is 9.84. The number of aromatic nitrogens is 2. The number of carboxylic acids is 1. The number of rotatable bonds is 7.